The summed E-state index contributed by atoms with van der Waals surface area (Å²) >= 11 is 0. The van der Waals surface area contributed by atoms with Crippen molar-refractivity contribution in [2.24, 2.45) is 5.92 Å². The Hall–Kier alpha value is -1.92. The highest BCUT2D eigenvalue weighted by atomic mass is 16.5. The zero-order valence-corrected chi connectivity index (χ0v) is 15.1. The Labute approximate surface area is 149 Å². The summed E-state index contributed by atoms with van der Waals surface area (Å²) in [6.45, 7) is 4.27. The number of benzene rings is 1. The van der Waals surface area contributed by atoms with E-state index in [9.17, 15) is 14.7 Å². The maximum Gasteiger partial charge on any atom is 0.225 e. The van der Waals surface area contributed by atoms with Gasteiger partial charge in [-0.25, -0.2) is 0 Å². The molecule has 4 unspecified atom stereocenters. The lowest BCUT2D eigenvalue weighted by Gasteiger charge is -2.32. The second kappa shape index (κ2) is 8.97. The lowest BCUT2D eigenvalue weighted by Crippen LogP contribution is -2.49. The standard InChI is InChI=1S/C19H28N2O4/c1-13(18(25-3)16-10-7-11-21(16)12-22)19(24)20-14(2)17(23)15-8-5-4-6-9-15/h4-6,8-9,12-14,16-18,23H,7,10-11H2,1-3H3,(H,20,24)/t13?,14-,16?,17?,18?/m1/s1. The lowest BCUT2D eigenvalue weighted by atomic mass is 9.94. The molecule has 6 heteroatoms. The molecule has 0 aliphatic carbocycles. The number of aliphatic hydroxyl groups is 1. The highest BCUT2D eigenvalue weighted by Crippen LogP contribution is 2.25. The molecular weight excluding hydrogens is 320 g/mol. The van der Waals surface area contributed by atoms with E-state index < -0.39 is 18.1 Å². The van der Waals surface area contributed by atoms with Crippen LogP contribution in [0, 0.1) is 5.92 Å². The molecule has 1 aromatic carbocycles. The van der Waals surface area contributed by atoms with Crippen LogP contribution in [0.2, 0.25) is 0 Å². The third-order valence-electron chi connectivity index (χ3n) is 5.02. The Balaban J connectivity index is 1.99. The molecule has 0 radical (unpaired) electrons. The first-order valence-corrected chi connectivity index (χ1v) is 8.76. The first-order chi connectivity index (χ1) is 12.0. The average Bonchev–Trinajstić information content (AvgIpc) is 3.10. The molecule has 1 fully saturated rings. The molecule has 1 aromatic rings. The molecule has 0 spiro atoms. The van der Waals surface area contributed by atoms with Crippen molar-refractivity contribution in [1.29, 1.82) is 0 Å². The van der Waals surface area contributed by atoms with Crippen molar-refractivity contribution < 1.29 is 19.4 Å². The highest BCUT2D eigenvalue weighted by Gasteiger charge is 2.37. The van der Waals surface area contributed by atoms with E-state index in [0.29, 0.717) is 6.54 Å². The van der Waals surface area contributed by atoms with Gasteiger partial charge in [0, 0.05) is 13.7 Å². The van der Waals surface area contributed by atoms with E-state index in [1.165, 1.54) is 0 Å². The van der Waals surface area contributed by atoms with Gasteiger partial charge in [-0.05, 0) is 25.3 Å². The molecule has 2 N–H and O–H groups in total. The Morgan fingerprint density at radius 2 is 2.04 bits per heavy atom. The number of likely N-dealkylation sites (tertiary alicyclic amines) is 1. The number of hydrogen-bond acceptors (Lipinski definition) is 4. The van der Waals surface area contributed by atoms with Gasteiger partial charge in [-0.3, -0.25) is 9.59 Å². The number of hydrogen-bond donors (Lipinski definition) is 2. The largest absolute Gasteiger partial charge is 0.386 e. The molecule has 0 bridgehead atoms. The molecular formula is C19H28N2O4. The number of rotatable bonds is 8. The number of nitrogens with zero attached hydrogens (tertiary/aromatic N) is 1. The van der Waals surface area contributed by atoms with E-state index in [1.807, 2.05) is 30.3 Å². The van der Waals surface area contributed by atoms with E-state index in [0.717, 1.165) is 24.8 Å². The Bertz CT molecular complexity index is 566. The fourth-order valence-electron chi connectivity index (χ4n) is 3.52. The minimum Gasteiger partial charge on any atom is -0.386 e. The lowest BCUT2D eigenvalue weighted by molar-refractivity contribution is -0.134. The summed E-state index contributed by atoms with van der Waals surface area (Å²) in [6, 6.07) is 8.73. The van der Waals surface area contributed by atoms with Gasteiger partial charge in [0.25, 0.3) is 0 Å². The number of amides is 2. The second-order valence-corrected chi connectivity index (χ2v) is 6.69. The van der Waals surface area contributed by atoms with Gasteiger partial charge in [-0.2, -0.15) is 0 Å². The SMILES string of the molecule is COC(C(C)C(=O)N[C@H](C)C(O)c1ccccc1)C1CCCN1C=O. The van der Waals surface area contributed by atoms with Crippen LogP contribution in [0.5, 0.6) is 0 Å². The normalized spacial score (nSPS) is 22.1. The van der Waals surface area contributed by atoms with Crippen LogP contribution >= 0.6 is 0 Å². The maximum absolute atomic E-state index is 12.6. The number of aliphatic hydroxyl groups excluding tert-OH is 1. The van der Waals surface area contributed by atoms with Crippen LogP contribution in [0.15, 0.2) is 30.3 Å². The highest BCUT2D eigenvalue weighted by molar-refractivity contribution is 5.79. The van der Waals surface area contributed by atoms with E-state index in [4.69, 9.17) is 4.74 Å². The first kappa shape index (κ1) is 19.4. The summed E-state index contributed by atoms with van der Waals surface area (Å²) < 4.78 is 5.55. The second-order valence-electron chi connectivity index (χ2n) is 6.69. The topological polar surface area (TPSA) is 78.9 Å². The van der Waals surface area contributed by atoms with E-state index in [2.05, 4.69) is 5.32 Å². The van der Waals surface area contributed by atoms with Crippen LogP contribution in [0.3, 0.4) is 0 Å². The summed E-state index contributed by atoms with van der Waals surface area (Å²) in [5, 5.41) is 13.3. The van der Waals surface area contributed by atoms with E-state index in [1.54, 1.807) is 25.9 Å². The fourth-order valence-corrected chi connectivity index (χ4v) is 3.52. The fraction of sp³-hybridized carbons (Fsp3) is 0.579. The molecule has 2 rings (SSSR count). The number of carbonyl (C=O) groups is 2. The van der Waals surface area contributed by atoms with E-state index in [-0.39, 0.29) is 18.1 Å². The summed E-state index contributed by atoms with van der Waals surface area (Å²) in [5.74, 6) is -0.618. The molecule has 1 heterocycles. The van der Waals surface area contributed by atoms with Gasteiger partial charge >= 0.3 is 0 Å². The van der Waals surface area contributed by atoms with Crippen molar-refractivity contribution in [3.05, 3.63) is 35.9 Å². The van der Waals surface area contributed by atoms with Crippen LogP contribution in [-0.2, 0) is 14.3 Å². The Morgan fingerprint density at radius 3 is 2.64 bits per heavy atom. The number of carbonyl (C=O) groups excluding carboxylic acids is 2. The number of ether oxygens (including phenoxy) is 1. The zero-order chi connectivity index (χ0) is 18.4. The monoisotopic (exact) mass is 348 g/mol. The zero-order valence-electron chi connectivity index (χ0n) is 15.1. The molecule has 1 aliphatic rings. The van der Waals surface area contributed by atoms with Crippen molar-refractivity contribution in [2.45, 2.75) is 51.0 Å². The predicted molar refractivity (Wildman–Crippen MR) is 94.8 cm³/mol. The summed E-state index contributed by atoms with van der Waals surface area (Å²) in [4.78, 5) is 25.5. The van der Waals surface area contributed by atoms with Crippen molar-refractivity contribution in [2.75, 3.05) is 13.7 Å². The van der Waals surface area contributed by atoms with Crippen molar-refractivity contribution in [3.8, 4) is 0 Å². The van der Waals surface area contributed by atoms with E-state index >= 15 is 0 Å². The molecule has 2 amide bonds. The number of nitrogens with one attached hydrogen (secondary N) is 1. The molecule has 1 aliphatic heterocycles. The molecule has 5 atom stereocenters. The van der Waals surface area contributed by atoms with Crippen LogP contribution < -0.4 is 5.32 Å². The van der Waals surface area contributed by atoms with Crippen molar-refractivity contribution >= 4 is 12.3 Å². The van der Waals surface area contributed by atoms with Crippen molar-refractivity contribution in [1.82, 2.24) is 10.2 Å². The molecule has 1 saturated heterocycles. The molecule has 138 valence electrons. The third kappa shape index (κ3) is 4.58. The van der Waals surface area contributed by atoms with Crippen LogP contribution in [0.1, 0.15) is 38.4 Å². The van der Waals surface area contributed by atoms with Gasteiger partial charge < -0.3 is 20.1 Å². The van der Waals surface area contributed by atoms with Gasteiger partial charge in [0.05, 0.1) is 30.2 Å². The minimum atomic E-state index is -0.781. The maximum atomic E-state index is 12.6. The predicted octanol–water partition coefficient (Wildman–Crippen LogP) is 1.50. The average molecular weight is 348 g/mol. The summed E-state index contributed by atoms with van der Waals surface area (Å²) in [6.07, 6.45) is 1.43. The minimum absolute atomic E-state index is 0.0856. The Morgan fingerprint density at radius 1 is 1.36 bits per heavy atom. The smallest absolute Gasteiger partial charge is 0.225 e. The van der Waals surface area contributed by atoms with Gasteiger partial charge in [-0.1, -0.05) is 37.3 Å². The first-order valence-electron chi connectivity index (χ1n) is 8.76. The summed E-state index contributed by atoms with van der Waals surface area (Å²) in [5.41, 5.74) is 0.758. The molecule has 0 aromatic heterocycles. The quantitative estimate of drug-likeness (QED) is 0.698. The third-order valence-corrected chi connectivity index (χ3v) is 5.02. The van der Waals surface area contributed by atoms with Crippen LogP contribution in [0.25, 0.3) is 0 Å². The van der Waals surface area contributed by atoms with Gasteiger partial charge in [0.15, 0.2) is 0 Å². The van der Waals surface area contributed by atoms with Crippen LogP contribution in [0.4, 0.5) is 0 Å². The van der Waals surface area contributed by atoms with Gasteiger partial charge in [0.1, 0.15) is 0 Å². The van der Waals surface area contributed by atoms with Crippen molar-refractivity contribution in [3.63, 3.8) is 0 Å². The number of methoxy groups -OCH3 is 1. The molecule has 6 nitrogen and oxygen atoms in total. The molecule has 0 saturated carbocycles. The van der Waals surface area contributed by atoms with Gasteiger partial charge in [0.2, 0.25) is 12.3 Å². The summed E-state index contributed by atoms with van der Waals surface area (Å²) in [7, 11) is 1.57. The van der Waals surface area contributed by atoms with Crippen LogP contribution in [-0.4, -0.2) is 54.2 Å². The van der Waals surface area contributed by atoms with Gasteiger partial charge in [-0.15, -0.1) is 0 Å². The molecule has 25 heavy (non-hydrogen) atoms. The Kier molecular flexibility index (Phi) is 6.96.